The van der Waals surface area contributed by atoms with E-state index >= 15 is 0 Å². The van der Waals surface area contributed by atoms with Crippen molar-refractivity contribution >= 4 is 23.3 Å². The largest absolute Gasteiger partial charge is 0.478 e. The van der Waals surface area contributed by atoms with Crippen molar-refractivity contribution in [2.75, 3.05) is 30.7 Å². The number of aromatic carboxylic acids is 1. The van der Waals surface area contributed by atoms with Gasteiger partial charge in [-0.15, -0.1) is 0 Å². The Kier molecular flexibility index (Phi) is 4.45. The summed E-state index contributed by atoms with van der Waals surface area (Å²) in [5.74, 6) is -0.758. The summed E-state index contributed by atoms with van der Waals surface area (Å²) >= 11 is 0. The van der Waals surface area contributed by atoms with Crippen molar-refractivity contribution in [1.82, 2.24) is 4.90 Å². The van der Waals surface area contributed by atoms with E-state index in [1.165, 1.54) is 12.1 Å². The third-order valence-corrected chi connectivity index (χ3v) is 3.39. The molecule has 1 aromatic carbocycles. The number of carbonyl (C=O) groups excluding carboxylic acids is 1. The Bertz CT molecular complexity index is 516. The second-order valence-corrected chi connectivity index (χ2v) is 4.87. The van der Waals surface area contributed by atoms with Crippen LogP contribution in [0.5, 0.6) is 0 Å². The molecular weight excluding hydrogens is 258 g/mol. The van der Waals surface area contributed by atoms with E-state index in [1.807, 2.05) is 4.90 Å². The zero-order chi connectivity index (χ0) is 14.5. The Morgan fingerprint density at radius 3 is 2.85 bits per heavy atom. The number of nitrogen functional groups attached to an aromatic ring is 1. The lowest BCUT2D eigenvalue weighted by Crippen LogP contribution is -2.27. The molecule has 108 valence electrons. The van der Waals surface area contributed by atoms with E-state index < -0.39 is 5.97 Å². The van der Waals surface area contributed by atoms with Gasteiger partial charge in [-0.05, 0) is 31.0 Å². The van der Waals surface area contributed by atoms with Crippen LogP contribution >= 0.6 is 0 Å². The Balaban J connectivity index is 1.79. The minimum Gasteiger partial charge on any atom is -0.478 e. The maximum absolute atomic E-state index is 11.4. The highest BCUT2D eigenvalue weighted by Gasteiger charge is 2.18. The number of amides is 1. The van der Waals surface area contributed by atoms with Crippen LogP contribution in [0.15, 0.2) is 18.2 Å². The molecule has 0 radical (unpaired) electrons. The first-order valence-corrected chi connectivity index (χ1v) is 6.72. The van der Waals surface area contributed by atoms with E-state index in [-0.39, 0.29) is 11.5 Å². The monoisotopic (exact) mass is 277 g/mol. The van der Waals surface area contributed by atoms with Gasteiger partial charge in [0, 0.05) is 26.1 Å². The molecule has 1 amide bonds. The molecule has 0 unspecified atom stereocenters. The van der Waals surface area contributed by atoms with Gasteiger partial charge in [-0.3, -0.25) is 4.79 Å². The van der Waals surface area contributed by atoms with Crippen LogP contribution in [-0.2, 0) is 4.79 Å². The number of nitrogens with one attached hydrogen (secondary N) is 1. The Labute approximate surface area is 117 Å². The lowest BCUT2D eigenvalue weighted by Gasteiger charge is -2.16. The molecule has 0 atom stereocenters. The molecule has 1 aromatic rings. The first-order valence-electron chi connectivity index (χ1n) is 6.72. The molecular formula is C14H19N3O3. The molecule has 6 heteroatoms. The van der Waals surface area contributed by atoms with Crippen LogP contribution in [0.4, 0.5) is 11.4 Å². The van der Waals surface area contributed by atoms with Gasteiger partial charge in [0.2, 0.25) is 5.91 Å². The molecule has 0 bridgehead atoms. The van der Waals surface area contributed by atoms with Crippen LogP contribution in [0.25, 0.3) is 0 Å². The van der Waals surface area contributed by atoms with E-state index in [0.29, 0.717) is 18.7 Å². The summed E-state index contributed by atoms with van der Waals surface area (Å²) in [5.41, 5.74) is 7.12. The van der Waals surface area contributed by atoms with Crippen LogP contribution < -0.4 is 11.1 Å². The molecule has 0 saturated carbocycles. The molecule has 1 aliphatic heterocycles. The summed E-state index contributed by atoms with van der Waals surface area (Å²) in [7, 11) is 0. The maximum Gasteiger partial charge on any atom is 0.335 e. The fraction of sp³-hybridized carbons (Fsp3) is 0.429. The molecule has 1 heterocycles. The van der Waals surface area contributed by atoms with Gasteiger partial charge in [0.05, 0.1) is 16.9 Å². The fourth-order valence-corrected chi connectivity index (χ4v) is 2.29. The highest BCUT2D eigenvalue weighted by molar-refractivity contribution is 5.90. The second kappa shape index (κ2) is 6.27. The number of carboxylic acid groups (broad SMARTS) is 1. The standard InChI is InChI=1S/C14H19N3O3/c15-11-9-10(14(19)20)4-5-12(11)16-6-2-8-17-7-1-3-13(17)18/h4-5,9,16H,1-3,6-8,15H2,(H,19,20). The molecule has 1 fully saturated rings. The van der Waals surface area contributed by atoms with Crippen molar-refractivity contribution in [2.45, 2.75) is 19.3 Å². The normalized spacial score (nSPS) is 14.6. The number of rotatable bonds is 6. The molecule has 1 aliphatic rings. The number of nitrogens with two attached hydrogens (primary N) is 1. The smallest absolute Gasteiger partial charge is 0.335 e. The highest BCUT2D eigenvalue weighted by Crippen LogP contribution is 2.20. The molecule has 6 nitrogen and oxygen atoms in total. The van der Waals surface area contributed by atoms with Crippen LogP contribution in [0.3, 0.4) is 0 Å². The van der Waals surface area contributed by atoms with Crippen molar-refractivity contribution in [2.24, 2.45) is 0 Å². The number of anilines is 2. The van der Waals surface area contributed by atoms with E-state index in [1.54, 1.807) is 6.07 Å². The summed E-state index contributed by atoms with van der Waals surface area (Å²) in [5, 5.41) is 12.0. The van der Waals surface area contributed by atoms with E-state index in [2.05, 4.69) is 5.32 Å². The SMILES string of the molecule is Nc1cc(C(=O)O)ccc1NCCCN1CCCC1=O. The first kappa shape index (κ1) is 14.2. The lowest BCUT2D eigenvalue weighted by atomic mass is 10.1. The van der Waals surface area contributed by atoms with Crippen molar-refractivity contribution in [1.29, 1.82) is 0 Å². The average molecular weight is 277 g/mol. The molecule has 1 saturated heterocycles. The van der Waals surface area contributed by atoms with E-state index in [9.17, 15) is 9.59 Å². The second-order valence-electron chi connectivity index (χ2n) is 4.87. The van der Waals surface area contributed by atoms with Gasteiger partial charge in [-0.1, -0.05) is 0 Å². The van der Waals surface area contributed by atoms with Gasteiger partial charge in [-0.25, -0.2) is 4.79 Å². The van der Waals surface area contributed by atoms with Crippen LogP contribution in [0.2, 0.25) is 0 Å². The van der Waals surface area contributed by atoms with Crippen LogP contribution in [0, 0.1) is 0 Å². The van der Waals surface area contributed by atoms with E-state index in [4.69, 9.17) is 10.8 Å². The molecule has 0 aliphatic carbocycles. The molecule has 2 rings (SSSR count). The third kappa shape index (κ3) is 3.40. The number of benzene rings is 1. The van der Waals surface area contributed by atoms with Gasteiger partial charge in [0.25, 0.3) is 0 Å². The minimum atomic E-state index is -0.990. The van der Waals surface area contributed by atoms with Gasteiger partial charge in [0.1, 0.15) is 0 Å². The topological polar surface area (TPSA) is 95.7 Å². The Morgan fingerprint density at radius 1 is 1.45 bits per heavy atom. The predicted molar refractivity (Wildman–Crippen MR) is 76.7 cm³/mol. The van der Waals surface area contributed by atoms with Gasteiger partial charge < -0.3 is 21.1 Å². The van der Waals surface area contributed by atoms with Crippen LogP contribution in [-0.4, -0.2) is 41.5 Å². The number of carbonyl (C=O) groups is 2. The fourth-order valence-electron chi connectivity index (χ4n) is 2.29. The summed E-state index contributed by atoms with van der Waals surface area (Å²) in [6, 6.07) is 4.62. The van der Waals surface area contributed by atoms with Gasteiger partial charge in [-0.2, -0.15) is 0 Å². The number of nitrogens with zero attached hydrogens (tertiary/aromatic N) is 1. The van der Waals surface area contributed by atoms with Crippen molar-refractivity contribution in [3.63, 3.8) is 0 Å². The maximum atomic E-state index is 11.4. The molecule has 0 aromatic heterocycles. The third-order valence-electron chi connectivity index (χ3n) is 3.39. The zero-order valence-corrected chi connectivity index (χ0v) is 11.3. The molecule has 4 N–H and O–H groups in total. The van der Waals surface area contributed by atoms with E-state index in [0.717, 1.165) is 31.6 Å². The number of carboxylic acids is 1. The van der Waals surface area contributed by atoms with Gasteiger partial charge >= 0.3 is 5.97 Å². The van der Waals surface area contributed by atoms with Crippen molar-refractivity contribution in [3.8, 4) is 0 Å². The molecule has 0 spiro atoms. The van der Waals surface area contributed by atoms with Crippen LogP contribution in [0.1, 0.15) is 29.6 Å². The quantitative estimate of drug-likeness (QED) is 0.539. The Morgan fingerprint density at radius 2 is 2.25 bits per heavy atom. The summed E-state index contributed by atoms with van der Waals surface area (Å²) in [4.78, 5) is 24.1. The first-order chi connectivity index (χ1) is 9.58. The molecule has 20 heavy (non-hydrogen) atoms. The minimum absolute atomic E-state index is 0.177. The summed E-state index contributed by atoms with van der Waals surface area (Å²) in [6.07, 6.45) is 2.46. The summed E-state index contributed by atoms with van der Waals surface area (Å²) < 4.78 is 0. The lowest BCUT2D eigenvalue weighted by molar-refractivity contribution is -0.127. The average Bonchev–Trinajstić information content (AvgIpc) is 2.81. The number of hydrogen-bond donors (Lipinski definition) is 3. The van der Waals surface area contributed by atoms with Crippen molar-refractivity contribution < 1.29 is 14.7 Å². The highest BCUT2D eigenvalue weighted by atomic mass is 16.4. The van der Waals surface area contributed by atoms with Crippen molar-refractivity contribution in [3.05, 3.63) is 23.8 Å². The zero-order valence-electron chi connectivity index (χ0n) is 11.3. The van der Waals surface area contributed by atoms with Gasteiger partial charge in [0.15, 0.2) is 0 Å². The summed E-state index contributed by atoms with van der Waals surface area (Å²) in [6.45, 7) is 2.30. The number of likely N-dealkylation sites (tertiary alicyclic amines) is 1. The number of hydrogen-bond acceptors (Lipinski definition) is 4. The predicted octanol–water partition coefficient (Wildman–Crippen LogP) is 1.39. The Hall–Kier alpha value is -2.24.